The van der Waals surface area contributed by atoms with Crippen molar-refractivity contribution in [3.8, 4) is 0 Å². The minimum Gasteiger partial charge on any atom is -0.461 e. The molecule has 0 radical (unpaired) electrons. The molecule has 3 unspecified atom stereocenters. The van der Waals surface area contributed by atoms with Crippen LogP contribution in [0.4, 0.5) is 0 Å². The van der Waals surface area contributed by atoms with Crippen LogP contribution in [0.2, 0.25) is 0 Å². The molecule has 4 nitrogen and oxygen atoms in total. The average molecular weight is 378 g/mol. The summed E-state index contributed by atoms with van der Waals surface area (Å²) in [7, 11) is 4.59. The van der Waals surface area contributed by atoms with E-state index in [4.69, 9.17) is 9.47 Å². The number of epoxide rings is 1. The molecular formula is C24H28NO3+. The van der Waals surface area contributed by atoms with Crippen LogP contribution in [-0.2, 0) is 19.7 Å². The minimum atomic E-state index is -0.817. The Balaban J connectivity index is 1.42. The second kappa shape index (κ2) is 6.16. The largest absolute Gasteiger partial charge is 0.461 e. The van der Waals surface area contributed by atoms with Gasteiger partial charge in [-0.1, -0.05) is 60.7 Å². The molecular weight excluding hydrogens is 350 g/mol. The lowest BCUT2D eigenvalue weighted by molar-refractivity contribution is -0.938. The Bertz CT molecular complexity index is 820. The fourth-order valence-corrected chi connectivity index (χ4v) is 5.52. The van der Waals surface area contributed by atoms with Crippen molar-refractivity contribution >= 4 is 5.97 Å². The number of carbonyl (C=O) groups excluding carboxylic acids is 1. The van der Waals surface area contributed by atoms with E-state index in [0.717, 1.165) is 28.5 Å². The molecule has 2 bridgehead atoms. The molecule has 0 amide bonds. The summed E-state index contributed by atoms with van der Waals surface area (Å²) in [6.07, 6.45) is 2.46. The Morgan fingerprint density at radius 3 is 1.86 bits per heavy atom. The van der Waals surface area contributed by atoms with Gasteiger partial charge in [0.1, 0.15) is 35.8 Å². The lowest BCUT2D eigenvalue weighted by atomic mass is 9.76. The lowest BCUT2D eigenvalue weighted by Crippen LogP contribution is -2.60. The molecule has 0 spiro atoms. The van der Waals surface area contributed by atoms with Gasteiger partial charge in [0.05, 0.1) is 14.1 Å². The predicted octanol–water partition coefficient (Wildman–Crippen LogP) is 3.29. The van der Waals surface area contributed by atoms with E-state index in [1.165, 1.54) is 0 Å². The predicted molar refractivity (Wildman–Crippen MR) is 107 cm³/mol. The Kier molecular flexibility index (Phi) is 3.94. The van der Waals surface area contributed by atoms with Gasteiger partial charge in [-0.25, -0.2) is 0 Å². The number of hydrogen-bond donors (Lipinski definition) is 0. The van der Waals surface area contributed by atoms with Crippen molar-refractivity contribution in [2.45, 2.75) is 55.6 Å². The molecule has 3 aliphatic rings. The Morgan fingerprint density at radius 2 is 1.39 bits per heavy atom. The zero-order chi connectivity index (χ0) is 19.5. The average Bonchev–Trinajstić information content (AvgIpc) is 3.47. The smallest absolute Gasteiger partial charge is 0.321 e. The second-order valence-corrected chi connectivity index (χ2v) is 9.18. The molecule has 4 heteroatoms. The van der Waals surface area contributed by atoms with Crippen LogP contribution in [0.25, 0.3) is 0 Å². The van der Waals surface area contributed by atoms with E-state index in [2.05, 4.69) is 14.1 Å². The number of morpholine rings is 1. The van der Waals surface area contributed by atoms with E-state index in [0.29, 0.717) is 24.3 Å². The van der Waals surface area contributed by atoms with Gasteiger partial charge in [-0.2, -0.15) is 0 Å². The monoisotopic (exact) mass is 378 g/mol. The standard InChI is InChI=1S/C24H28NO3/c1-24(16-10-6-4-7-11-16,17-12-8-5-9-13-17)23(26)27-18-14-19-21-22(28-21)20(15-18)25(19,2)3/h4-13,18-22H,14-15H2,1-3H3/q+1/t18?,19-,20+,21?,22?. The quantitative estimate of drug-likeness (QED) is 0.466. The lowest BCUT2D eigenvalue weighted by Gasteiger charge is -2.45. The van der Waals surface area contributed by atoms with Gasteiger partial charge in [-0.05, 0) is 18.1 Å². The molecule has 3 saturated heterocycles. The Labute approximate surface area is 166 Å². The third-order valence-corrected chi connectivity index (χ3v) is 7.42. The molecule has 2 aromatic rings. The first kappa shape index (κ1) is 17.9. The third-order valence-electron chi connectivity index (χ3n) is 7.42. The molecule has 0 N–H and O–H groups in total. The summed E-state index contributed by atoms with van der Waals surface area (Å²) in [6, 6.07) is 20.8. The number of rotatable bonds is 4. The van der Waals surface area contributed by atoms with Gasteiger partial charge in [-0.15, -0.1) is 0 Å². The molecule has 0 aliphatic carbocycles. The SMILES string of the molecule is CC(C(=O)OC1C[C@@H]2C3OC3[C@H](C1)[N+]2(C)C)(c1ccccc1)c1ccccc1. The minimum absolute atomic E-state index is 0.0307. The number of quaternary nitrogens is 1. The molecule has 0 saturated carbocycles. The highest BCUT2D eigenvalue weighted by molar-refractivity contribution is 5.87. The zero-order valence-corrected chi connectivity index (χ0v) is 16.7. The number of likely N-dealkylation sites (N-methyl/N-ethyl adjacent to an activating group) is 1. The van der Waals surface area contributed by atoms with Crippen LogP contribution in [0, 0.1) is 0 Å². The van der Waals surface area contributed by atoms with Gasteiger partial charge in [0.25, 0.3) is 0 Å². The summed E-state index contributed by atoms with van der Waals surface area (Å²) in [5.41, 5.74) is 1.11. The van der Waals surface area contributed by atoms with Crippen molar-refractivity contribution in [3.63, 3.8) is 0 Å². The maximum absolute atomic E-state index is 13.6. The first-order valence-corrected chi connectivity index (χ1v) is 10.2. The number of esters is 1. The topological polar surface area (TPSA) is 38.8 Å². The fraction of sp³-hybridized carbons (Fsp3) is 0.458. The number of benzene rings is 2. The summed E-state index contributed by atoms with van der Waals surface area (Å²) in [5.74, 6) is -0.156. The fourth-order valence-electron chi connectivity index (χ4n) is 5.52. The second-order valence-electron chi connectivity index (χ2n) is 9.18. The number of nitrogens with zero attached hydrogens (tertiary/aromatic N) is 1. The maximum atomic E-state index is 13.6. The summed E-state index contributed by atoms with van der Waals surface area (Å²) in [4.78, 5) is 13.6. The van der Waals surface area contributed by atoms with Crippen LogP contribution in [0.1, 0.15) is 30.9 Å². The number of ether oxygens (including phenoxy) is 2. The summed E-state index contributed by atoms with van der Waals surface area (Å²) in [6.45, 7) is 1.98. The van der Waals surface area contributed by atoms with Crippen LogP contribution in [0.5, 0.6) is 0 Å². The molecule has 3 aliphatic heterocycles. The molecule has 146 valence electrons. The van der Waals surface area contributed by atoms with Gasteiger partial charge in [0.15, 0.2) is 0 Å². The maximum Gasteiger partial charge on any atom is 0.321 e. The number of fused-ring (bicyclic) bond motifs is 5. The number of piperidine rings is 1. The molecule has 5 atom stereocenters. The molecule has 3 heterocycles. The van der Waals surface area contributed by atoms with E-state index in [9.17, 15) is 4.79 Å². The van der Waals surface area contributed by atoms with Gasteiger partial charge >= 0.3 is 5.97 Å². The van der Waals surface area contributed by atoms with Gasteiger partial charge < -0.3 is 14.0 Å². The van der Waals surface area contributed by atoms with Crippen molar-refractivity contribution in [1.82, 2.24) is 0 Å². The first-order valence-electron chi connectivity index (χ1n) is 10.2. The van der Waals surface area contributed by atoms with Crippen molar-refractivity contribution in [2.75, 3.05) is 14.1 Å². The highest BCUT2D eigenvalue weighted by atomic mass is 16.6. The summed E-state index contributed by atoms with van der Waals surface area (Å²) < 4.78 is 13.1. The van der Waals surface area contributed by atoms with Crippen LogP contribution in [-0.4, -0.2) is 54.9 Å². The van der Waals surface area contributed by atoms with E-state index in [1.54, 1.807) is 0 Å². The van der Waals surface area contributed by atoms with Crippen LogP contribution >= 0.6 is 0 Å². The molecule has 5 rings (SSSR count). The summed E-state index contributed by atoms with van der Waals surface area (Å²) >= 11 is 0. The van der Waals surface area contributed by atoms with Gasteiger partial charge in [0, 0.05) is 12.8 Å². The first-order chi connectivity index (χ1) is 13.4. The molecule has 28 heavy (non-hydrogen) atoms. The molecule has 0 aromatic heterocycles. The van der Waals surface area contributed by atoms with Crippen molar-refractivity contribution in [1.29, 1.82) is 0 Å². The Hall–Kier alpha value is -2.17. The molecule has 2 aromatic carbocycles. The zero-order valence-electron chi connectivity index (χ0n) is 16.7. The van der Waals surface area contributed by atoms with Gasteiger partial charge in [0.2, 0.25) is 0 Å². The van der Waals surface area contributed by atoms with Crippen LogP contribution in [0.15, 0.2) is 60.7 Å². The Morgan fingerprint density at radius 1 is 0.929 bits per heavy atom. The van der Waals surface area contributed by atoms with E-state index < -0.39 is 5.41 Å². The van der Waals surface area contributed by atoms with Crippen molar-refractivity contribution in [2.24, 2.45) is 0 Å². The van der Waals surface area contributed by atoms with Crippen molar-refractivity contribution in [3.05, 3.63) is 71.8 Å². The van der Waals surface area contributed by atoms with Crippen LogP contribution < -0.4 is 0 Å². The number of hydrogen-bond acceptors (Lipinski definition) is 3. The molecule has 3 fully saturated rings. The highest BCUT2D eigenvalue weighted by Gasteiger charge is 2.70. The summed E-state index contributed by atoms with van der Waals surface area (Å²) in [5, 5.41) is 0. The van der Waals surface area contributed by atoms with E-state index in [1.807, 2.05) is 67.6 Å². The number of carbonyl (C=O) groups is 1. The highest BCUT2D eigenvalue weighted by Crippen LogP contribution is 2.52. The third kappa shape index (κ3) is 2.55. The van der Waals surface area contributed by atoms with E-state index in [-0.39, 0.29) is 12.1 Å². The van der Waals surface area contributed by atoms with E-state index >= 15 is 0 Å². The normalized spacial score (nSPS) is 32.5. The van der Waals surface area contributed by atoms with Gasteiger partial charge in [-0.3, -0.25) is 4.79 Å². The van der Waals surface area contributed by atoms with Crippen LogP contribution in [0.3, 0.4) is 0 Å². The van der Waals surface area contributed by atoms with Crippen molar-refractivity contribution < 1.29 is 18.8 Å².